The van der Waals surface area contributed by atoms with Crippen LogP contribution in [0, 0.1) is 12.3 Å². The molecule has 0 aliphatic heterocycles. The number of rotatable bonds is 5. The summed E-state index contributed by atoms with van der Waals surface area (Å²) in [6, 6.07) is 6.53. The Balaban J connectivity index is 2.09. The van der Waals surface area contributed by atoms with Crippen molar-refractivity contribution >= 4 is 0 Å². The molecule has 0 saturated heterocycles. The molecule has 0 spiro atoms. The lowest BCUT2D eigenvalue weighted by atomic mass is 9.65. The minimum atomic E-state index is 0.388. The Morgan fingerprint density at radius 3 is 2.59 bits per heavy atom. The summed E-state index contributed by atoms with van der Waals surface area (Å²) >= 11 is 0. The van der Waals surface area contributed by atoms with Crippen molar-refractivity contribution in [1.82, 2.24) is 0 Å². The SMILES string of the molecule is CCOc1ccc(CC2(CN)CCC2)cc1C. The van der Waals surface area contributed by atoms with Gasteiger partial charge in [-0.15, -0.1) is 0 Å². The van der Waals surface area contributed by atoms with Crippen LogP contribution >= 0.6 is 0 Å². The highest BCUT2D eigenvalue weighted by atomic mass is 16.5. The lowest BCUT2D eigenvalue weighted by Crippen LogP contribution is -2.39. The van der Waals surface area contributed by atoms with Gasteiger partial charge in [0.25, 0.3) is 0 Å². The number of benzene rings is 1. The highest BCUT2D eigenvalue weighted by Crippen LogP contribution is 2.43. The third kappa shape index (κ3) is 2.63. The molecule has 0 bridgehead atoms. The normalized spacial score (nSPS) is 17.6. The van der Waals surface area contributed by atoms with Crippen molar-refractivity contribution < 1.29 is 4.74 Å². The van der Waals surface area contributed by atoms with E-state index in [4.69, 9.17) is 10.5 Å². The second-order valence-corrected chi connectivity index (χ2v) is 5.27. The van der Waals surface area contributed by atoms with Gasteiger partial charge >= 0.3 is 0 Å². The molecular weight excluding hydrogens is 210 g/mol. The fourth-order valence-corrected chi connectivity index (χ4v) is 2.70. The van der Waals surface area contributed by atoms with E-state index in [1.165, 1.54) is 30.4 Å². The van der Waals surface area contributed by atoms with Crippen LogP contribution in [0.5, 0.6) is 5.75 Å². The summed E-state index contributed by atoms with van der Waals surface area (Å²) in [5.74, 6) is 1.01. The predicted molar refractivity (Wildman–Crippen MR) is 71.4 cm³/mol. The zero-order valence-corrected chi connectivity index (χ0v) is 11.0. The van der Waals surface area contributed by atoms with Gasteiger partial charge in [-0.25, -0.2) is 0 Å². The molecular formula is C15H23NO. The maximum Gasteiger partial charge on any atom is 0.122 e. The zero-order chi connectivity index (χ0) is 12.3. The van der Waals surface area contributed by atoms with Crippen molar-refractivity contribution in [2.75, 3.05) is 13.2 Å². The van der Waals surface area contributed by atoms with E-state index >= 15 is 0 Å². The van der Waals surface area contributed by atoms with Crippen molar-refractivity contribution in [2.24, 2.45) is 11.1 Å². The van der Waals surface area contributed by atoms with Crippen molar-refractivity contribution in [1.29, 1.82) is 0 Å². The van der Waals surface area contributed by atoms with Gasteiger partial charge < -0.3 is 10.5 Å². The van der Waals surface area contributed by atoms with E-state index < -0.39 is 0 Å². The summed E-state index contributed by atoms with van der Waals surface area (Å²) in [5.41, 5.74) is 8.93. The summed E-state index contributed by atoms with van der Waals surface area (Å²) in [5, 5.41) is 0. The first-order valence-corrected chi connectivity index (χ1v) is 6.61. The third-order valence-electron chi connectivity index (χ3n) is 3.97. The molecule has 94 valence electrons. The van der Waals surface area contributed by atoms with E-state index in [9.17, 15) is 0 Å². The molecule has 0 amide bonds. The molecule has 0 radical (unpaired) electrons. The Kier molecular flexibility index (Phi) is 3.72. The first-order valence-electron chi connectivity index (χ1n) is 6.61. The smallest absolute Gasteiger partial charge is 0.122 e. The van der Waals surface area contributed by atoms with E-state index in [0.29, 0.717) is 5.41 Å². The van der Waals surface area contributed by atoms with Crippen LogP contribution in [-0.2, 0) is 6.42 Å². The number of nitrogens with two attached hydrogens (primary N) is 1. The van der Waals surface area contributed by atoms with Crippen molar-refractivity contribution in [2.45, 2.75) is 39.5 Å². The van der Waals surface area contributed by atoms with Gasteiger partial charge in [-0.05, 0) is 62.3 Å². The minimum Gasteiger partial charge on any atom is -0.494 e. The quantitative estimate of drug-likeness (QED) is 0.848. The van der Waals surface area contributed by atoms with Gasteiger partial charge in [0.1, 0.15) is 5.75 Å². The molecule has 0 atom stereocenters. The van der Waals surface area contributed by atoms with Crippen LogP contribution in [-0.4, -0.2) is 13.2 Å². The van der Waals surface area contributed by atoms with E-state index in [-0.39, 0.29) is 0 Å². The Hall–Kier alpha value is -1.02. The van der Waals surface area contributed by atoms with Gasteiger partial charge in [0.05, 0.1) is 6.61 Å². The van der Waals surface area contributed by atoms with Gasteiger partial charge in [0.2, 0.25) is 0 Å². The van der Waals surface area contributed by atoms with Crippen molar-refractivity contribution in [3.63, 3.8) is 0 Å². The van der Waals surface area contributed by atoms with Crippen LogP contribution in [0.3, 0.4) is 0 Å². The van der Waals surface area contributed by atoms with Crippen LogP contribution in [0.2, 0.25) is 0 Å². The van der Waals surface area contributed by atoms with Crippen LogP contribution < -0.4 is 10.5 Å². The maximum atomic E-state index is 5.91. The summed E-state index contributed by atoms with van der Waals surface area (Å²) in [7, 11) is 0. The second kappa shape index (κ2) is 5.09. The van der Waals surface area contributed by atoms with Crippen molar-refractivity contribution in [3.05, 3.63) is 29.3 Å². The van der Waals surface area contributed by atoms with Gasteiger partial charge in [0, 0.05) is 0 Å². The Morgan fingerprint density at radius 2 is 2.12 bits per heavy atom. The lowest BCUT2D eigenvalue weighted by molar-refractivity contribution is 0.145. The van der Waals surface area contributed by atoms with E-state index in [2.05, 4.69) is 25.1 Å². The number of aryl methyl sites for hydroxylation is 1. The van der Waals surface area contributed by atoms with Crippen LogP contribution in [0.4, 0.5) is 0 Å². The molecule has 1 aliphatic rings. The van der Waals surface area contributed by atoms with Crippen LogP contribution in [0.25, 0.3) is 0 Å². The van der Waals surface area contributed by atoms with Gasteiger partial charge in [-0.3, -0.25) is 0 Å². The molecule has 2 rings (SSSR count). The van der Waals surface area contributed by atoms with Gasteiger partial charge in [0.15, 0.2) is 0 Å². The minimum absolute atomic E-state index is 0.388. The molecule has 0 aromatic heterocycles. The average Bonchev–Trinajstić information content (AvgIpc) is 2.27. The number of ether oxygens (including phenoxy) is 1. The Bertz CT molecular complexity index is 377. The molecule has 0 heterocycles. The van der Waals surface area contributed by atoms with Crippen LogP contribution in [0.15, 0.2) is 18.2 Å². The number of hydrogen-bond donors (Lipinski definition) is 1. The molecule has 1 aromatic rings. The topological polar surface area (TPSA) is 35.2 Å². The Labute approximate surface area is 104 Å². The maximum absolute atomic E-state index is 5.91. The standard InChI is InChI=1S/C15H23NO/c1-3-17-14-6-5-13(9-12(14)2)10-15(11-16)7-4-8-15/h5-6,9H,3-4,7-8,10-11,16H2,1-2H3. The lowest BCUT2D eigenvalue weighted by Gasteiger charge is -2.41. The molecule has 0 unspecified atom stereocenters. The number of hydrogen-bond acceptors (Lipinski definition) is 2. The molecule has 2 heteroatoms. The molecule has 2 nitrogen and oxygen atoms in total. The van der Waals surface area contributed by atoms with Gasteiger partial charge in [-0.2, -0.15) is 0 Å². The molecule has 2 N–H and O–H groups in total. The molecule has 1 saturated carbocycles. The third-order valence-corrected chi connectivity index (χ3v) is 3.97. The predicted octanol–water partition coefficient (Wildman–Crippen LogP) is 3.07. The summed E-state index contributed by atoms with van der Waals surface area (Å²) in [6.07, 6.45) is 5.04. The Morgan fingerprint density at radius 1 is 1.35 bits per heavy atom. The summed E-state index contributed by atoms with van der Waals surface area (Å²) in [6.45, 7) is 5.68. The highest BCUT2D eigenvalue weighted by Gasteiger charge is 2.35. The average molecular weight is 233 g/mol. The van der Waals surface area contributed by atoms with E-state index in [1.807, 2.05) is 6.92 Å². The molecule has 1 aliphatic carbocycles. The zero-order valence-electron chi connectivity index (χ0n) is 11.0. The molecule has 17 heavy (non-hydrogen) atoms. The first kappa shape index (κ1) is 12.4. The highest BCUT2D eigenvalue weighted by molar-refractivity contribution is 5.36. The fourth-order valence-electron chi connectivity index (χ4n) is 2.70. The van der Waals surface area contributed by atoms with Gasteiger partial charge in [-0.1, -0.05) is 18.6 Å². The monoisotopic (exact) mass is 233 g/mol. The van der Waals surface area contributed by atoms with E-state index in [1.54, 1.807) is 0 Å². The summed E-state index contributed by atoms with van der Waals surface area (Å²) in [4.78, 5) is 0. The molecule has 1 fully saturated rings. The fraction of sp³-hybridized carbons (Fsp3) is 0.600. The second-order valence-electron chi connectivity index (χ2n) is 5.27. The first-order chi connectivity index (χ1) is 8.19. The molecule has 1 aromatic carbocycles. The van der Waals surface area contributed by atoms with Crippen molar-refractivity contribution in [3.8, 4) is 5.75 Å². The van der Waals surface area contributed by atoms with E-state index in [0.717, 1.165) is 25.3 Å². The largest absolute Gasteiger partial charge is 0.494 e. The summed E-state index contributed by atoms with van der Waals surface area (Å²) < 4.78 is 5.56. The van der Waals surface area contributed by atoms with Crippen LogP contribution in [0.1, 0.15) is 37.3 Å².